The number of ether oxygens (including phenoxy) is 1. The van der Waals surface area contributed by atoms with Crippen molar-refractivity contribution in [2.24, 2.45) is 0 Å². The van der Waals surface area contributed by atoms with E-state index in [2.05, 4.69) is 5.32 Å². The Morgan fingerprint density at radius 3 is 3.00 bits per heavy atom. The number of hydrogen-bond acceptors (Lipinski definition) is 4. The van der Waals surface area contributed by atoms with E-state index in [1.165, 1.54) is 0 Å². The van der Waals surface area contributed by atoms with E-state index in [0.29, 0.717) is 0 Å². The van der Waals surface area contributed by atoms with Crippen LogP contribution in [0.2, 0.25) is 0 Å². The number of thiophene rings is 1. The zero-order valence-electron chi connectivity index (χ0n) is 8.73. The predicted molar refractivity (Wildman–Crippen MR) is 64.9 cm³/mol. The van der Waals surface area contributed by atoms with Crippen LogP contribution in [0.5, 0.6) is 5.75 Å². The van der Waals surface area contributed by atoms with E-state index in [-0.39, 0.29) is 0 Å². The Labute approximate surface area is 97.3 Å². The van der Waals surface area contributed by atoms with E-state index < -0.39 is 6.23 Å². The quantitative estimate of drug-likeness (QED) is 0.795. The van der Waals surface area contributed by atoms with Gasteiger partial charge in [0.2, 0.25) is 0 Å². The molecule has 3 rings (SSSR count). The monoisotopic (exact) mass is 233 g/mol. The van der Waals surface area contributed by atoms with Gasteiger partial charge in [-0.3, -0.25) is 0 Å². The largest absolute Gasteiger partial charge is 0.497 e. The molecule has 0 bridgehead atoms. The van der Waals surface area contributed by atoms with Crippen LogP contribution in [-0.4, -0.2) is 12.2 Å². The molecule has 4 heteroatoms. The summed E-state index contributed by atoms with van der Waals surface area (Å²) in [4.78, 5) is 0.959. The summed E-state index contributed by atoms with van der Waals surface area (Å²) in [5.74, 6) is 0.828. The van der Waals surface area contributed by atoms with E-state index in [4.69, 9.17) is 4.74 Å². The molecule has 0 aliphatic carbocycles. The summed E-state index contributed by atoms with van der Waals surface area (Å²) in [6, 6.07) is 7.83. The van der Waals surface area contributed by atoms with Crippen LogP contribution >= 0.6 is 11.3 Å². The molecule has 0 saturated carbocycles. The molecule has 2 heterocycles. The standard InChI is InChI=1S/C12H11NO2S/c1-15-7-2-3-10-9(6-7)8-4-5-16-11(8)12(14)13-10/h2-6,12-14H,1H3. The Hall–Kier alpha value is -1.52. The van der Waals surface area contributed by atoms with Gasteiger partial charge in [0.25, 0.3) is 0 Å². The van der Waals surface area contributed by atoms with E-state index in [0.717, 1.165) is 27.4 Å². The minimum atomic E-state index is -0.601. The average Bonchev–Trinajstić information content (AvgIpc) is 2.78. The van der Waals surface area contributed by atoms with Crippen molar-refractivity contribution in [2.75, 3.05) is 12.4 Å². The number of fused-ring (bicyclic) bond motifs is 3. The molecule has 3 nitrogen and oxygen atoms in total. The number of aliphatic hydroxyl groups is 1. The first-order valence-electron chi connectivity index (χ1n) is 5.00. The topological polar surface area (TPSA) is 41.5 Å². The summed E-state index contributed by atoms with van der Waals surface area (Å²) < 4.78 is 5.21. The van der Waals surface area contributed by atoms with E-state index in [1.807, 2.05) is 29.6 Å². The van der Waals surface area contributed by atoms with Gasteiger partial charge in [-0.05, 0) is 29.6 Å². The summed E-state index contributed by atoms with van der Waals surface area (Å²) in [5.41, 5.74) is 3.12. The third-order valence-electron chi connectivity index (χ3n) is 2.75. The second-order valence-corrected chi connectivity index (χ2v) is 4.60. The van der Waals surface area contributed by atoms with Gasteiger partial charge >= 0.3 is 0 Å². The summed E-state index contributed by atoms with van der Waals surface area (Å²) in [6.07, 6.45) is -0.601. The van der Waals surface area contributed by atoms with Crippen molar-refractivity contribution in [3.8, 4) is 16.9 Å². The molecule has 1 atom stereocenters. The minimum Gasteiger partial charge on any atom is -0.497 e. The summed E-state index contributed by atoms with van der Waals surface area (Å²) in [6.45, 7) is 0. The Kier molecular flexibility index (Phi) is 2.12. The highest BCUT2D eigenvalue weighted by Crippen LogP contribution is 2.43. The molecule has 16 heavy (non-hydrogen) atoms. The predicted octanol–water partition coefficient (Wildman–Crippen LogP) is 2.84. The molecule has 1 aromatic carbocycles. The SMILES string of the molecule is COc1ccc2c(c1)-c1ccsc1C(O)N2. The van der Waals surface area contributed by atoms with Crippen LogP contribution in [0.15, 0.2) is 29.6 Å². The van der Waals surface area contributed by atoms with E-state index in [9.17, 15) is 5.11 Å². The van der Waals surface area contributed by atoms with Crippen LogP contribution in [0.25, 0.3) is 11.1 Å². The molecule has 82 valence electrons. The molecule has 1 aliphatic heterocycles. The average molecular weight is 233 g/mol. The molecule has 0 amide bonds. The third-order valence-corrected chi connectivity index (χ3v) is 3.72. The van der Waals surface area contributed by atoms with Gasteiger partial charge in [0.15, 0.2) is 6.23 Å². The van der Waals surface area contributed by atoms with Crippen molar-refractivity contribution in [3.05, 3.63) is 34.5 Å². The maximum absolute atomic E-state index is 9.89. The van der Waals surface area contributed by atoms with Gasteiger partial charge in [0.05, 0.1) is 12.0 Å². The van der Waals surface area contributed by atoms with Crippen molar-refractivity contribution in [1.29, 1.82) is 0 Å². The Balaban J connectivity index is 2.21. The summed E-state index contributed by atoms with van der Waals surface area (Å²) in [5, 5.41) is 14.9. The molecule has 0 fully saturated rings. The molecule has 1 unspecified atom stereocenters. The highest BCUT2D eigenvalue weighted by atomic mass is 32.1. The smallest absolute Gasteiger partial charge is 0.160 e. The van der Waals surface area contributed by atoms with Gasteiger partial charge in [-0.1, -0.05) is 0 Å². The Morgan fingerprint density at radius 1 is 1.31 bits per heavy atom. The lowest BCUT2D eigenvalue weighted by atomic mass is 10.00. The fourth-order valence-electron chi connectivity index (χ4n) is 1.97. The van der Waals surface area contributed by atoms with Crippen LogP contribution in [0.3, 0.4) is 0 Å². The molecule has 1 aliphatic rings. The van der Waals surface area contributed by atoms with Crippen LogP contribution in [0.1, 0.15) is 11.1 Å². The van der Waals surface area contributed by atoms with Gasteiger partial charge in [-0.15, -0.1) is 11.3 Å². The molecule has 0 spiro atoms. The lowest BCUT2D eigenvalue weighted by molar-refractivity contribution is 0.211. The van der Waals surface area contributed by atoms with Crippen molar-refractivity contribution >= 4 is 17.0 Å². The zero-order valence-corrected chi connectivity index (χ0v) is 9.54. The molecule has 2 aromatic rings. The molecule has 0 radical (unpaired) electrons. The van der Waals surface area contributed by atoms with Crippen molar-refractivity contribution < 1.29 is 9.84 Å². The first-order chi connectivity index (χ1) is 7.79. The molecular formula is C12H11NO2S. The number of methoxy groups -OCH3 is 1. The maximum Gasteiger partial charge on any atom is 0.160 e. The van der Waals surface area contributed by atoms with Crippen molar-refractivity contribution in [1.82, 2.24) is 0 Å². The summed E-state index contributed by atoms with van der Waals surface area (Å²) in [7, 11) is 1.65. The van der Waals surface area contributed by atoms with Gasteiger partial charge in [0, 0.05) is 16.8 Å². The normalized spacial score (nSPS) is 17.2. The molecule has 0 saturated heterocycles. The van der Waals surface area contributed by atoms with Gasteiger partial charge in [0.1, 0.15) is 5.75 Å². The maximum atomic E-state index is 9.89. The van der Waals surface area contributed by atoms with Crippen LogP contribution < -0.4 is 10.1 Å². The Morgan fingerprint density at radius 2 is 2.19 bits per heavy atom. The van der Waals surface area contributed by atoms with Crippen LogP contribution in [0.4, 0.5) is 5.69 Å². The molecule has 2 N–H and O–H groups in total. The third kappa shape index (κ3) is 1.31. The number of benzene rings is 1. The first-order valence-corrected chi connectivity index (χ1v) is 5.88. The number of aliphatic hydroxyl groups excluding tert-OH is 1. The first kappa shape index (κ1) is 9.69. The molecule has 1 aromatic heterocycles. The second kappa shape index (κ2) is 3.50. The second-order valence-electron chi connectivity index (χ2n) is 3.66. The van der Waals surface area contributed by atoms with Gasteiger partial charge in [-0.2, -0.15) is 0 Å². The van der Waals surface area contributed by atoms with E-state index in [1.54, 1.807) is 18.4 Å². The summed E-state index contributed by atoms with van der Waals surface area (Å²) >= 11 is 1.56. The zero-order chi connectivity index (χ0) is 11.1. The Bertz CT molecular complexity index is 536. The van der Waals surface area contributed by atoms with Gasteiger partial charge < -0.3 is 15.2 Å². The van der Waals surface area contributed by atoms with Gasteiger partial charge in [-0.25, -0.2) is 0 Å². The number of hydrogen-bond donors (Lipinski definition) is 2. The fourth-order valence-corrected chi connectivity index (χ4v) is 2.81. The lowest BCUT2D eigenvalue weighted by Gasteiger charge is -2.23. The lowest BCUT2D eigenvalue weighted by Crippen LogP contribution is -2.14. The van der Waals surface area contributed by atoms with E-state index >= 15 is 0 Å². The minimum absolute atomic E-state index is 0.601. The van der Waals surface area contributed by atoms with Crippen molar-refractivity contribution in [2.45, 2.75) is 6.23 Å². The highest BCUT2D eigenvalue weighted by molar-refractivity contribution is 7.10. The fraction of sp³-hybridized carbons (Fsp3) is 0.167. The van der Waals surface area contributed by atoms with Crippen LogP contribution in [0, 0.1) is 0 Å². The number of anilines is 1. The number of rotatable bonds is 1. The highest BCUT2D eigenvalue weighted by Gasteiger charge is 2.23. The molecular weight excluding hydrogens is 222 g/mol. The van der Waals surface area contributed by atoms with Crippen molar-refractivity contribution in [3.63, 3.8) is 0 Å². The number of nitrogens with one attached hydrogen (secondary N) is 1. The van der Waals surface area contributed by atoms with Crippen LogP contribution in [-0.2, 0) is 0 Å².